The topological polar surface area (TPSA) is 26.3 Å². The predicted octanol–water partition coefficient (Wildman–Crippen LogP) is 8.15. The van der Waals surface area contributed by atoms with Gasteiger partial charge in [0.05, 0.1) is 6.61 Å². The van der Waals surface area contributed by atoms with E-state index in [1.54, 1.807) is 0 Å². The van der Waals surface area contributed by atoms with E-state index in [0.717, 1.165) is 6.42 Å². The molecule has 0 aliphatic carbocycles. The number of ether oxygens (including phenoxy) is 1. The first kappa shape index (κ1) is 25.2. The molecule has 0 aromatic rings. The van der Waals surface area contributed by atoms with Gasteiger partial charge in [0.1, 0.15) is 0 Å². The minimum Gasteiger partial charge on any atom is -0.468 e. The highest BCUT2D eigenvalue weighted by atomic mass is 16.5. The van der Waals surface area contributed by atoms with Crippen molar-refractivity contribution in [1.82, 2.24) is 0 Å². The summed E-state index contributed by atoms with van der Waals surface area (Å²) in [5, 5.41) is 0. The van der Waals surface area contributed by atoms with Crippen molar-refractivity contribution in [2.45, 2.75) is 129 Å². The number of carbonyl (C=O) groups excluding carboxylic acids is 1. The molecule has 0 amide bonds. The molecule has 0 heterocycles. The Morgan fingerprint density at radius 1 is 0.538 bits per heavy atom. The van der Waals surface area contributed by atoms with E-state index in [9.17, 15) is 4.79 Å². The fourth-order valence-electron chi connectivity index (χ4n) is 3.36. The van der Waals surface area contributed by atoms with E-state index in [4.69, 9.17) is 4.74 Å². The lowest BCUT2D eigenvalue weighted by atomic mass is 10.0. The summed E-state index contributed by atoms with van der Waals surface area (Å²) < 4.78 is 4.69. The second kappa shape index (κ2) is 24.2. The van der Waals surface area contributed by atoms with Gasteiger partial charge in [0.15, 0.2) is 0 Å². The molecule has 0 aromatic heterocycles. The molecule has 0 unspecified atom stereocenters. The molecule has 2 nitrogen and oxygen atoms in total. The Morgan fingerprint density at radius 3 is 1.35 bits per heavy atom. The van der Waals surface area contributed by atoms with Gasteiger partial charge >= 0.3 is 0 Å². The largest absolute Gasteiger partial charge is 0.468 e. The SMILES string of the molecule is CCCCCCC=CCCCCCCCCCCCCCCCOC=O. The molecule has 154 valence electrons. The van der Waals surface area contributed by atoms with Crippen LogP contribution in [0.15, 0.2) is 12.2 Å². The molecule has 0 radical (unpaired) electrons. The minimum absolute atomic E-state index is 0.549. The van der Waals surface area contributed by atoms with Crippen LogP contribution in [0.25, 0.3) is 0 Å². The number of rotatable bonds is 22. The molecule has 2 heteroatoms. The first-order valence-corrected chi connectivity index (χ1v) is 11.6. The van der Waals surface area contributed by atoms with Crippen molar-refractivity contribution in [1.29, 1.82) is 0 Å². The van der Waals surface area contributed by atoms with Crippen molar-refractivity contribution in [3.8, 4) is 0 Å². The summed E-state index contributed by atoms with van der Waals surface area (Å²) in [5.41, 5.74) is 0. The van der Waals surface area contributed by atoms with Crippen LogP contribution in [0.4, 0.5) is 0 Å². The molecule has 0 aromatic carbocycles. The van der Waals surface area contributed by atoms with Crippen molar-refractivity contribution in [2.24, 2.45) is 0 Å². The molecular weight excluding hydrogens is 320 g/mol. The summed E-state index contributed by atoms with van der Waals surface area (Å²) in [5.74, 6) is 0. The molecule has 0 saturated carbocycles. The first-order valence-electron chi connectivity index (χ1n) is 11.6. The maximum atomic E-state index is 9.99. The van der Waals surface area contributed by atoms with Gasteiger partial charge in [-0.3, -0.25) is 4.79 Å². The Bertz CT molecular complexity index is 286. The molecule has 0 N–H and O–H groups in total. The second-order valence-electron chi connectivity index (χ2n) is 7.67. The lowest BCUT2D eigenvalue weighted by Gasteiger charge is -2.03. The Hall–Kier alpha value is -0.790. The highest BCUT2D eigenvalue weighted by molar-refractivity contribution is 5.36. The standard InChI is InChI=1S/C24H46O2/c1-2-3-4-5-6-7-8-9-10-11-12-13-14-15-16-17-18-19-20-21-22-23-26-24-25/h7-8,24H,2-6,9-23H2,1H3. The third-order valence-corrected chi connectivity index (χ3v) is 5.09. The van der Waals surface area contributed by atoms with Gasteiger partial charge in [-0.1, -0.05) is 109 Å². The van der Waals surface area contributed by atoms with Crippen LogP contribution in [-0.4, -0.2) is 13.1 Å². The zero-order valence-electron chi connectivity index (χ0n) is 17.7. The molecule has 0 rings (SSSR count). The maximum Gasteiger partial charge on any atom is 0.293 e. The van der Waals surface area contributed by atoms with Crippen molar-refractivity contribution >= 4 is 6.47 Å². The lowest BCUT2D eigenvalue weighted by molar-refractivity contribution is -0.128. The molecule has 0 atom stereocenters. The Balaban J connectivity index is 3.02. The van der Waals surface area contributed by atoms with Gasteiger partial charge in [-0.25, -0.2) is 0 Å². The van der Waals surface area contributed by atoms with Crippen LogP contribution in [-0.2, 0) is 9.53 Å². The third kappa shape index (κ3) is 23.2. The highest BCUT2D eigenvalue weighted by Gasteiger charge is 1.94. The van der Waals surface area contributed by atoms with Crippen LogP contribution in [0, 0.1) is 0 Å². The summed E-state index contributed by atoms with van der Waals surface area (Å²) in [6.07, 6.45) is 30.4. The van der Waals surface area contributed by atoms with Crippen LogP contribution >= 0.6 is 0 Å². The smallest absolute Gasteiger partial charge is 0.293 e. The number of unbranched alkanes of at least 4 members (excludes halogenated alkanes) is 17. The van der Waals surface area contributed by atoms with E-state index in [1.165, 1.54) is 116 Å². The summed E-state index contributed by atoms with van der Waals surface area (Å²) in [6.45, 7) is 3.42. The normalized spacial score (nSPS) is 11.3. The highest BCUT2D eigenvalue weighted by Crippen LogP contribution is 2.13. The van der Waals surface area contributed by atoms with Crippen molar-refractivity contribution in [2.75, 3.05) is 6.61 Å². The van der Waals surface area contributed by atoms with Crippen LogP contribution in [0.2, 0.25) is 0 Å². The number of allylic oxidation sites excluding steroid dienone is 2. The van der Waals surface area contributed by atoms with E-state index in [1.807, 2.05) is 0 Å². The number of hydrogen-bond acceptors (Lipinski definition) is 2. The van der Waals surface area contributed by atoms with E-state index >= 15 is 0 Å². The van der Waals surface area contributed by atoms with Gasteiger partial charge < -0.3 is 4.74 Å². The maximum absolute atomic E-state index is 9.99. The zero-order valence-corrected chi connectivity index (χ0v) is 17.7. The molecule has 0 saturated heterocycles. The van der Waals surface area contributed by atoms with E-state index in [2.05, 4.69) is 19.1 Å². The second-order valence-corrected chi connectivity index (χ2v) is 7.67. The van der Waals surface area contributed by atoms with Gasteiger partial charge in [-0.2, -0.15) is 0 Å². The molecule has 0 fully saturated rings. The quantitative estimate of drug-likeness (QED) is 0.110. The number of carbonyl (C=O) groups is 1. The van der Waals surface area contributed by atoms with Gasteiger partial charge in [-0.15, -0.1) is 0 Å². The summed E-state index contributed by atoms with van der Waals surface area (Å²) in [7, 11) is 0. The molecular formula is C24H46O2. The molecule has 0 aliphatic heterocycles. The molecule has 26 heavy (non-hydrogen) atoms. The first-order chi connectivity index (χ1) is 12.9. The van der Waals surface area contributed by atoms with Crippen molar-refractivity contribution < 1.29 is 9.53 Å². The van der Waals surface area contributed by atoms with Gasteiger partial charge in [0, 0.05) is 0 Å². The predicted molar refractivity (Wildman–Crippen MR) is 115 cm³/mol. The van der Waals surface area contributed by atoms with Crippen LogP contribution < -0.4 is 0 Å². The molecule has 0 spiro atoms. The minimum atomic E-state index is 0.549. The lowest BCUT2D eigenvalue weighted by Crippen LogP contribution is -1.91. The fraction of sp³-hybridized carbons (Fsp3) is 0.875. The summed E-state index contributed by atoms with van der Waals surface area (Å²) in [6, 6.07) is 0. The van der Waals surface area contributed by atoms with Crippen LogP contribution in [0.1, 0.15) is 129 Å². The third-order valence-electron chi connectivity index (χ3n) is 5.09. The van der Waals surface area contributed by atoms with Crippen LogP contribution in [0.5, 0.6) is 0 Å². The Labute approximate surface area is 164 Å². The van der Waals surface area contributed by atoms with Gasteiger partial charge in [0.25, 0.3) is 6.47 Å². The molecule has 0 bridgehead atoms. The number of hydrogen-bond donors (Lipinski definition) is 0. The Morgan fingerprint density at radius 2 is 0.923 bits per heavy atom. The summed E-state index contributed by atoms with van der Waals surface area (Å²) >= 11 is 0. The van der Waals surface area contributed by atoms with Crippen LogP contribution in [0.3, 0.4) is 0 Å². The van der Waals surface area contributed by atoms with Gasteiger partial charge in [0.2, 0.25) is 0 Å². The fourth-order valence-corrected chi connectivity index (χ4v) is 3.36. The van der Waals surface area contributed by atoms with E-state index < -0.39 is 0 Å². The molecule has 0 aliphatic rings. The monoisotopic (exact) mass is 366 g/mol. The average molecular weight is 367 g/mol. The van der Waals surface area contributed by atoms with E-state index in [-0.39, 0.29) is 0 Å². The average Bonchev–Trinajstić information content (AvgIpc) is 2.66. The zero-order chi connectivity index (χ0) is 19.0. The Kier molecular flexibility index (Phi) is 23.5. The summed E-state index contributed by atoms with van der Waals surface area (Å²) in [4.78, 5) is 9.99. The van der Waals surface area contributed by atoms with Gasteiger partial charge in [-0.05, 0) is 32.1 Å². The van der Waals surface area contributed by atoms with Crippen molar-refractivity contribution in [3.63, 3.8) is 0 Å². The van der Waals surface area contributed by atoms with E-state index in [0.29, 0.717) is 13.1 Å². The van der Waals surface area contributed by atoms with Crippen molar-refractivity contribution in [3.05, 3.63) is 12.2 Å².